The van der Waals surface area contributed by atoms with Gasteiger partial charge in [-0.25, -0.2) is 0 Å². The molecular formula is C23H46O2. The molecule has 0 aromatic carbocycles. The van der Waals surface area contributed by atoms with Crippen LogP contribution in [0.4, 0.5) is 0 Å². The topological polar surface area (TPSA) is 26.3 Å². The van der Waals surface area contributed by atoms with Gasteiger partial charge in [0.1, 0.15) is 0 Å². The molecule has 2 nitrogen and oxygen atoms in total. The predicted molar refractivity (Wildman–Crippen MR) is 110 cm³/mol. The highest BCUT2D eigenvalue weighted by atomic mass is 16.5. The summed E-state index contributed by atoms with van der Waals surface area (Å²) >= 11 is 0. The Hall–Kier alpha value is -0.530. The van der Waals surface area contributed by atoms with Crippen LogP contribution in [0.5, 0.6) is 0 Å². The molecule has 0 aliphatic heterocycles. The van der Waals surface area contributed by atoms with Crippen LogP contribution in [0.25, 0.3) is 0 Å². The Labute approximate surface area is 158 Å². The Morgan fingerprint density at radius 3 is 1.32 bits per heavy atom. The van der Waals surface area contributed by atoms with Gasteiger partial charge in [0.15, 0.2) is 0 Å². The van der Waals surface area contributed by atoms with Gasteiger partial charge in [0.05, 0.1) is 6.61 Å². The predicted octanol–water partition coefficient (Wildman–Crippen LogP) is 7.98. The van der Waals surface area contributed by atoms with Gasteiger partial charge in [0.25, 0.3) is 0 Å². The van der Waals surface area contributed by atoms with Crippen molar-refractivity contribution in [3.05, 3.63) is 0 Å². The number of hydrogen-bond acceptors (Lipinski definition) is 2. The summed E-state index contributed by atoms with van der Waals surface area (Å²) in [5.41, 5.74) is 0. The Balaban J connectivity index is 3.06. The molecule has 0 atom stereocenters. The largest absolute Gasteiger partial charge is 0.466 e. The van der Waals surface area contributed by atoms with Crippen LogP contribution < -0.4 is 0 Å². The molecule has 0 aromatic heterocycles. The fraction of sp³-hybridized carbons (Fsp3) is 0.957. The van der Waals surface area contributed by atoms with E-state index in [0.717, 1.165) is 25.7 Å². The Morgan fingerprint density at radius 1 is 0.520 bits per heavy atom. The van der Waals surface area contributed by atoms with Crippen molar-refractivity contribution < 1.29 is 9.53 Å². The first-order valence-corrected chi connectivity index (χ1v) is 11.5. The third kappa shape index (κ3) is 21.4. The van der Waals surface area contributed by atoms with E-state index in [1.807, 2.05) is 0 Å². The monoisotopic (exact) mass is 354 g/mol. The lowest BCUT2D eigenvalue weighted by Gasteiger charge is -2.05. The van der Waals surface area contributed by atoms with E-state index < -0.39 is 0 Å². The minimum atomic E-state index is -0.00110. The molecule has 0 spiro atoms. The van der Waals surface area contributed by atoms with E-state index in [1.54, 1.807) is 0 Å². The zero-order valence-corrected chi connectivity index (χ0v) is 17.5. The Bertz CT molecular complexity index is 263. The number of carbonyl (C=O) groups is 1. The van der Waals surface area contributed by atoms with Crippen LogP contribution in [0.15, 0.2) is 0 Å². The highest BCUT2D eigenvalue weighted by Gasteiger charge is 2.01. The van der Waals surface area contributed by atoms with Crippen LogP contribution in [0.3, 0.4) is 0 Å². The minimum absolute atomic E-state index is 0.00110. The highest BCUT2D eigenvalue weighted by Crippen LogP contribution is 2.13. The van der Waals surface area contributed by atoms with E-state index >= 15 is 0 Å². The molecule has 0 aromatic rings. The quantitative estimate of drug-likeness (QED) is 0.164. The van der Waals surface area contributed by atoms with Crippen molar-refractivity contribution in [1.29, 1.82) is 0 Å². The third-order valence-electron chi connectivity index (χ3n) is 5.00. The van der Waals surface area contributed by atoms with Crippen molar-refractivity contribution in [1.82, 2.24) is 0 Å². The fourth-order valence-corrected chi connectivity index (χ4v) is 3.25. The van der Waals surface area contributed by atoms with Crippen LogP contribution in [-0.4, -0.2) is 12.6 Å². The van der Waals surface area contributed by atoms with E-state index in [9.17, 15) is 4.79 Å². The summed E-state index contributed by atoms with van der Waals surface area (Å²) in [7, 11) is 0. The highest BCUT2D eigenvalue weighted by molar-refractivity contribution is 5.69. The van der Waals surface area contributed by atoms with Crippen molar-refractivity contribution in [2.45, 2.75) is 136 Å². The lowest BCUT2D eigenvalue weighted by atomic mass is 10.0. The molecule has 0 amide bonds. The van der Waals surface area contributed by atoms with Gasteiger partial charge >= 0.3 is 5.97 Å². The smallest absolute Gasteiger partial charge is 0.305 e. The standard InChI is InChI=1S/C23H46O2/c1-3-5-7-8-9-10-11-12-13-14-15-16-17-18-20-22-25-23(24)21-19-6-4-2/h3-22H2,1-2H3. The average molecular weight is 355 g/mol. The SMILES string of the molecule is CCCCCCCCCCCCCCCCCOC(=O)CCCCC. The van der Waals surface area contributed by atoms with Crippen molar-refractivity contribution in [2.75, 3.05) is 6.61 Å². The van der Waals surface area contributed by atoms with Gasteiger partial charge in [-0.2, -0.15) is 0 Å². The molecule has 0 fully saturated rings. The molecule has 2 heteroatoms. The van der Waals surface area contributed by atoms with Crippen molar-refractivity contribution in [3.8, 4) is 0 Å². The summed E-state index contributed by atoms with van der Waals surface area (Å²) in [6.45, 7) is 5.06. The molecule has 0 rings (SSSR count). The summed E-state index contributed by atoms with van der Waals surface area (Å²) in [4.78, 5) is 11.4. The third-order valence-corrected chi connectivity index (χ3v) is 5.00. The number of ether oxygens (including phenoxy) is 1. The summed E-state index contributed by atoms with van der Waals surface area (Å²) in [5.74, 6) is -0.00110. The number of hydrogen-bond donors (Lipinski definition) is 0. The van der Waals surface area contributed by atoms with Gasteiger partial charge in [-0.1, -0.05) is 117 Å². The van der Waals surface area contributed by atoms with Crippen LogP contribution in [0, 0.1) is 0 Å². The second-order valence-corrected chi connectivity index (χ2v) is 7.63. The summed E-state index contributed by atoms with van der Waals surface area (Å²) in [6.07, 6.45) is 24.4. The zero-order chi connectivity index (χ0) is 18.4. The van der Waals surface area contributed by atoms with Crippen molar-refractivity contribution in [3.63, 3.8) is 0 Å². The molecule has 0 radical (unpaired) electrons. The van der Waals surface area contributed by atoms with Crippen molar-refractivity contribution in [2.24, 2.45) is 0 Å². The molecule has 0 N–H and O–H groups in total. The molecule has 150 valence electrons. The van der Waals surface area contributed by atoms with Crippen LogP contribution in [0.2, 0.25) is 0 Å². The maximum atomic E-state index is 11.4. The zero-order valence-electron chi connectivity index (χ0n) is 17.5. The van der Waals surface area contributed by atoms with Crippen molar-refractivity contribution >= 4 is 5.97 Å². The fourth-order valence-electron chi connectivity index (χ4n) is 3.25. The van der Waals surface area contributed by atoms with Gasteiger partial charge in [-0.3, -0.25) is 4.79 Å². The van der Waals surface area contributed by atoms with E-state index in [0.29, 0.717) is 13.0 Å². The molecule has 0 aliphatic rings. The second kappa shape index (κ2) is 21.5. The lowest BCUT2D eigenvalue weighted by Crippen LogP contribution is -2.05. The number of esters is 1. The number of unbranched alkanes of at least 4 members (excludes halogenated alkanes) is 16. The maximum Gasteiger partial charge on any atom is 0.305 e. The Kier molecular flexibility index (Phi) is 21.1. The molecule has 25 heavy (non-hydrogen) atoms. The second-order valence-electron chi connectivity index (χ2n) is 7.63. The van der Waals surface area contributed by atoms with E-state index in [1.165, 1.54) is 89.9 Å². The molecule has 0 saturated carbocycles. The summed E-state index contributed by atoms with van der Waals surface area (Å²) < 4.78 is 5.26. The molecule has 0 saturated heterocycles. The number of rotatable bonds is 20. The van der Waals surface area contributed by atoms with Crippen LogP contribution >= 0.6 is 0 Å². The van der Waals surface area contributed by atoms with E-state index in [-0.39, 0.29) is 5.97 Å². The number of carbonyl (C=O) groups excluding carboxylic acids is 1. The van der Waals surface area contributed by atoms with Gasteiger partial charge in [0.2, 0.25) is 0 Å². The van der Waals surface area contributed by atoms with Crippen LogP contribution in [0.1, 0.15) is 136 Å². The van der Waals surface area contributed by atoms with E-state index in [4.69, 9.17) is 4.74 Å². The lowest BCUT2D eigenvalue weighted by molar-refractivity contribution is -0.143. The minimum Gasteiger partial charge on any atom is -0.466 e. The van der Waals surface area contributed by atoms with Gasteiger partial charge in [0, 0.05) is 6.42 Å². The van der Waals surface area contributed by atoms with Gasteiger partial charge in [-0.05, 0) is 12.8 Å². The first-order chi connectivity index (χ1) is 12.3. The normalized spacial score (nSPS) is 11.0. The maximum absolute atomic E-state index is 11.4. The molecule has 0 aliphatic carbocycles. The molecule has 0 bridgehead atoms. The van der Waals surface area contributed by atoms with Gasteiger partial charge < -0.3 is 4.74 Å². The average Bonchev–Trinajstić information content (AvgIpc) is 2.61. The first kappa shape index (κ1) is 24.5. The van der Waals surface area contributed by atoms with E-state index in [2.05, 4.69) is 13.8 Å². The summed E-state index contributed by atoms with van der Waals surface area (Å²) in [6, 6.07) is 0. The van der Waals surface area contributed by atoms with Crippen LogP contribution in [-0.2, 0) is 9.53 Å². The Morgan fingerprint density at radius 2 is 0.880 bits per heavy atom. The molecule has 0 unspecified atom stereocenters. The first-order valence-electron chi connectivity index (χ1n) is 11.5. The molecular weight excluding hydrogens is 308 g/mol. The molecule has 0 heterocycles. The van der Waals surface area contributed by atoms with Gasteiger partial charge in [-0.15, -0.1) is 0 Å². The summed E-state index contributed by atoms with van der Waals surface area (Å²) in [5, 5.41) is 0.